The van der Waals surface area contributed by atoms with Crippen molar-refractivity contribution < 1.29 is 19.4 Å². The third kappa shape index (κ3) is 4.46. The smallest absolute Gasteiger partial charge is 0.337 e. The van der Waals surface area contributed by atoms with Gasteiger partial charge in [0.25, 0.3) is 0 Å². The molecule has 0 aliphatic carbocycles. The van der Waals surface area contributed by atoms with Crippen molar-refractivity contribution in [1.82, 2.24) is 0 Å². The molecule has 0 aromatic heterocycles. The fraction of sp³-hybridized carbons (Fsp3) is 0.467. The van der Waals surface area contributed by atoms with E-state index in [2.05, 4.69) is 5.32 Å². The van der Waals surface area contributed by atoms with Gasteiger partial charge in [-0.05, 0) is 43.9 Å². The number of nitrogens with two attached hydrogens (primary N) is 1. The Morgan fingerprint density at radius 3 is 2.86 bits per heavy atom. The zero-order chi connectivity index (χ0) is 15.2. The first-order valence-electron chi connectivity index (χ1n) is 7.10. The largest absolute Gasteiger partial charge is 0.478 e. The minimum absolute atomic E-state index is 0.00253. The summed E-state index contributed by atoms with van der Waals surface area (Å²) in [5.74, 6) is -1.33. The highest BCUT2D eigenvalue weighted by Crippen LogP contribution is 2.21. The second kappa shape index (κ2) is 7.08. The molecule has 6 nitrogen and oxygen atoms in total. The van der Waals surface area contributed by atoms with Gasteiger partial charge in [0.2, 0.25) is 5.91 Å². The van der Waals surface area contributed by atoms with Crippen molar-refractivity contribution in [2.75, 3.05) is 17.7 Å². The summed E-state index contributed by atoms with van der Waals surface area (Å²) in [6.45, 7) is 0.757. The van der Waals surface area contributed by atoms with Crippen molar-refractivity contribution in [3.8, 4) is 0 Å². The van der Waals surface area contributed by atoms with E-state index in [1.165, 1.54) is 12.1 Å². The molecule has 1 fully saturated rings. The van der Waals surface area contributed by atoms with Crippen LogP contribution in [0.3, 0.4) is 0 Å². The van der Waals surface area contributed by atoms with Crippen LogP contribution in [0.4, 0.5) is 11.4 Å². The van der Waals surface area contributed by atoms with Gasteiger partial charge in [0.15, 0.2) is 0 Å². The van der Waals surface area contributed by atoms with Gasteiger partial charge < -0.3 is 20.9 Å². The van der Waals surface area contributed by atoms with Gasteiger partial charge in [-0.15, -0.1) is 0 Å². The fourth-order valence-corrected chi connectivity index (χ4v) is 2.39. The Balaban J connectivity index is 1.91. The molecule has 21 heavy (non-hydrogen) atoms. The number of hydrogen-bond acceptors (Lipinski definition) is 4. The van der Waals surface area contributed by atoms with Gasteiger partial charge in [-0.3, -0.25) is 4.79 Å². The molecular formula is C15H20N2O4. The van der Waals surface area contributed by atoms with Crippen molar-refractivity contribution in [2.45, 2.75) is 38.2 Å². The first-order chi connectivity index (χ1) is 10.1. The van der Waals surface area contributed by atoms with E-state index in [-0.39, 0.29) is 23.3 Å². The molecule has 1 heterocycles. The number of rotatable bonds is 5. The second-order valence-electron chi connectivity index (χ2n) is 5.19. The van der Waals surface area contributed by atoms with Crippen LogP contribution in [-0.2, 0) is 9.53 Å². The molecule has 0 saturated carbocycles. The number of carbonyl (C=O) groups is 2. The number of nitrogens with one attached hydrogen (secondary N) is 1. The number of hydrogen-bond donors (Lipinski definition) is 3. The summed E-state index contributed by atoms with van der Waals surface area (Å²) in [5, 5.41) is 11.7. The van der Waals surface area contributed by atoms with Gasteiger partial charge in [0, 0.05) is 18.7 Å². The number of ether oxygens (including phenoxy) is 1. The second-order valence-corrected chi connectivity index (χ2v) is 5.19. The third-order valence-corrected chi connectivity index (χ3v) is 3.52. The summed E-state index contributed by atoms with van der Waals surface area (Å²) in [6.07, 6.45) is 4.30. The van der Waals surface area contributed by atoms with E-state index < -0.39 is 5.97 Å². The van der Waals surface area contributed by atoms with Crippen molar-refractivity contribution in [3.05, 3.63) is 23.8 Å². The van der Waals surface area contributed by atoms with E-state index in [1.54, 1.807) is 6.07 Å². The quantitative estimate of drug-likeness (QED) is 0.722. The molecule has 1 aromatic carbocycles. The minimum atomic E-state index is -1.12. The molecule has 1 unspecified atom stereocenters. The Morgan fingerprint density at radius 1 is 1.38 bits per heavy atom. The van der Waals surface area contributed by atoms with E-state index in [1.807, 2.05) is 0 Å². The molecule has 1 atom stereocenters. The number of benzene rings is 1. The molecule has 0 bridgehead atoms. The lowest BCUT2D eigenvalue weighted by atomic mass is 10.0. The van der Waals surface area contributed by atoms with Crippen molar-refractivity contribution in [2.24, 2.45) is 0 Å². The van der Waals surface area contributed by atoms with Crippen LogP contribution in [0.2, 0.25) is 0 Å². The van der Waals surface area contributed by atoms with Crippen LogP contribution >= 0.6 is 0 Å². The van der Waals surface area contributed by atoms with Gasteiger partial charge in [0.05, 0.1) is 17.4 Å². The SMILES string of the molecule is Nc1ccc(NC(=O)CCC2CCCCO2)c(C(=O)O)c1. The highest BCUT2D eigenvalue weighted by atomic mass is 16.5. The molecule has 1 saturated heterocycles. The minimum Gasteiger partial charge on any atom is -0.478 e. The number of amides is 1. The number of aromatic carboxylic acids is 1. The summed E-state index contributed by atoms with van der Waals surface area (Å²) >= 11 is 0. The topological polar surface area (TPSA) is 102 Å². The predicted octanol–water partition coefficient (Wildman–Crippen LogP) is 2.25. The Morgan fingerprint density at radius 2 is 2.19 bits per heavy atom. The highest BCUT2D eigenvalue weighted by Gasteiger charge is 2.17. The Kier molecular flexibility index (Phi) is 5.16. The summed E-state index contributed by atoms with van der Waals surface area (Å²) in [5.41, 5.74) is 6.18. The lowest BCUT2D eigenvalue weighted by Crippen LogP contribution is -2.22. The zero-order valence-corrected chi connectivity index (χ0v) is 11.8. The normalized spacial score (nSPS) is 18.2. The van der Waals surface area contributed by atoms with Crippen LogP contribution < -0.4 is 11.1 Å². The fourth-order valence-electron chi connectivity index (χ4n) is 2.39. The van der Waals surface area contributed by atoms with Crippen molar-refractivity contribution >= 4 is 23.3 Å². The number of carbonyl (C=O) groups excluding carboxylic acids is 1. The van der Waals surface area contributed by atoms with Gasteiger partial charge in [-0.1, -0.05) is 0 Å². The van der Waals surface area contributed by atoms with Crippen LogP contribution in [0.5, 0.6) is 0 Å². The van der Waals surface area contributed by atoms with Gasteiger partial charge in [-0.25, -0.2) is 4.79 Å². The summed E-state index contributed by atoms with van der Waals surface area (Å²) in [6, 6.07) is 4.41. The monoisotopic (exact) mass is 292 g/mol. The van der Waals surface area contributed by atoms with Crippen LogP contribution in [0, 0.1) is 0 Å². The molecule has 2 rings (SSSR count). The summed E-state index contributed by atoms with van der Waals surface area (Å²) in [7, 11) is 0. The molecule has 1 amide bonds. The molecule has 1 aliphatic rings. The van der Waals surface area contributed by atoms with Gasteiger partial charge in [-0.2, -0.15) is 0 Å². The van der Waals surface area contributed by atoms with Crippen LogP contribution in [0.15, 0.2) is 18.2 Å². The molecule has 0 radical (unpaired) electrons. The Labute approximate surface area is 123 Å². The third-order valence-electron chi connectivity index (χ3n) is 3.52. The average Bonchev–Trinajstić information content (AvgIpc) is 2.48. The molecule has 4 N–H and O–H groups in total. The molecule has 1 aromatic rings. The molecule has 0 spiro atoms. The zero-order valence-electron chi connectivity index (χ0n) is 11.8. The maximum atomic E-state index is 11.9. The van der Waals surface area contributed by atoms with Crippen LogP contribution in [-0.4, -0.2) is 29.7 Å². The number of anilines is 2. The maximum Gasteiger partial charge on any atom is 0.337 e. The van der Waals surface area contributed by atoms with E-state index in [0.717, 1.165) is 25.9 Å². The van der Waals surface area contributed by atoms with Crippen LogP contribution in [0.1, 0.15) is 42.5 Å². The average molecular weight is 292 g/mol. The van der Waals surface area contributed by atoms with E-state index in [4.69, 9.17) is 15.6 Å². The summed E-state index contributed by atoms with van der Waals surface area (Å²) < 4.78 is 5.57. The molecule has 114 valence electrons. The van der Waals surface area contributed by atoms with Crippen molar-refractivity contribution in [1.29, 1.82) is 0 Å². The lowest BCUT2D eigenvalue weighted by Gasteiger charge is -2.22. The van der Waals surface area contributed by atoms with E-state index in [0.29, 0.717) is 18.5 Å². The first-order valence-corrected chi connectivity index (χ1v) is 7.10. The van der Waals surface area contributed by atoms with E-state index >= 15 is 0 Å². The first kappa shape index (κ1) is 15.3. The molecule has 1 aliphatic heterocycles. The predicted molar refractivity (Wildman–Crippen MR) is 79.3 cm³/mol. The van der Waals surface area contributed by atoms with Crippen LogP contribution in [0.25, 0.3) is 0 Å². The standard InChI is InChI=1S/C15H20N2O4/c16-10-4-6-13(12(9-10)15(19)20)17-14(18)7-5-11-3-1-2-8-21-11/h4,6,9,11H,1-3,5,7-8,16H2,(H,17,18)(H,19,20). The van der Waals surface area contributed by atoms with Gasteiger partial charge in [0.1, 0.15) is 0 Å². The Hall–Kier alpha value is -2.08. The highest BCUT2D eigenvalue weighted by molar-refractivity contribution is 6.01. The summed E-state index contributed by atoms with van der Waals surface area (Å²) in [4.78, 5) is 23.1. The van der Waals surface area contributed by atoms with E-state index in [9.17, 15) is 9.59 Å². The molecule has 6 heteroatoms. The lowest BCUT2D eigenvalue weighted by molar-refractivity contribution is -0.117. The number of carboxylic acids is 1. The Bertz CT molecular complexity index is 524. The van der Waals surface area contributed by atoms with Crippen molar-refractivity contribution in [3.63, 3.8) is 0 Å². The van der Waals surface area contributed by atoms with Gasteiger partial charge >= 0.3 is 5.97 Å². The number of nitrogen functional groups attached to an aromatic ring is 1. The molecular weight excluding hydrogens is 272 g/mol. The maximum absolute atomic E-state index is 11.9. The number of carboxylic acid groups (broad SMARTS) is 1.